The fraction of sp³-hybridized carbons (Fsp3) is 0.294. The first kappa shape index (κ1) is 16.4. The number of tetrazole rings is 1. The summed E-state index contributed by atoms with van der Waals surface area (Å²) in [6.07, 6.45) is 0. The number of aryl methyl sites for hydroxylation is 1. The van der Waals surface area contributed by atoms with Gasteiger partial charge >= 0.3 is 0 Å². The van der Waals surface area contributed by atoms with Crippen molar-refractivity contribution in [3.05, 3.63) is 52.3 Å². The van der Waals surface area contributed by atoms with Gasteiger partial charge in [-0.25, -0.2) is 0 Å². The van der Waals surface area contributed by atoms with Gasteiger partial charge in [0, 0.05) is 34.1 Å². The Morgan fingerprint density at radius 1 is 1.21 bits per heavy atom. The third-order valence-electron chi connectivity index (χ3n) is 4.03. The largest absolute Gasteiger partial charge is 0.349 e. The molecule has 3 rings (SSSR count). The SMILES string of the molecule is CCn1c(C)cc(C(=O)Cn2nnc(-c3ccc(Cl)cc3)n2)c1C. The van der Waals surface area contributed by atoms with Gasteiger partial charge in [-0.3, -0.25) is 4.79 Å². The van der Waals surface area contributed by atoms with E-state index in [0.29, 0.717) is 16.4 Å². The van der Waals surface area contributed by atoms with Gasteiger partial charge < -0.3 is 4.57 Å². The van der Waals surface area contributed by atoms with Crippen LogP contribution in [0.25, 0.3) is 11.4 Å². The Balaban J connectivity index is 1.79. The normalized spacial score (nSPS) is 11.0. The highest BCUT2D eigenvalue weighted by atomic mass is 35.5. The highest BCUT2D eigenvalue weighted by molar-refractivity contribution is 6.30. The molecule has 2 aromatic heterocycles. The molecule has 2 heterocycles. The zero-order valence-electron chi connectivity index (χ0n) is 13.8. The van der Waals surface area contributed by atoms with Crippen molar-refractivity contribution in [2.45, 2.75) is 33.9 Å². The number of hydrogen-bond acceptors (Lipinski definition) is 4. The predicted molar refractivity (Wildman–Crippen MR) is 92.2 cm³/mol. The number of halogens is 1. The maximum Gasteiger partial charge on any atom is 0.204 e. The first-order valence-corrected chi connectivity index (χ1v) is 8.11. The lowest BCUT2D eigenvalue weighted by Crippen LogP contribution is -2.14. The van der Waals surface area contributed by atoms with E-state index in [1.165, 1.54) is 4.80 Å². The molecule has 0 N–H and O–H groups in total. The summed E-state index contributed by atoms with van der Waals surface area (Å²) in [6.45, 7) is 6.92. The number of aromatic nitrogens is 5. The van der Waals surface area contributed by atoms with E-state index in [1.807, 2.05) is 32.0 Å². The van der Waals surface area contributed by atoms with Crippen molar-refractivity contribution in [2.75, 3.05) is 0 Å². The van der Waals surface area contributed by atoms with E-state index < -0.39 is 0 Å². The summed E-state index contributed by atoms with van der Waals surface area (Å²) >= 11 is 5.87. The van der Waals surface area contributed by atoms with Crippen LogP contribution in [0.5, 0.6) is 0 Å². The van der Waals surface area contributed by atoms with Crippen LogP contribution in [0.4, 0.5) is 0 Å². The van der Waals surface area contributed by atoms with E-state index in [9.17, 15) is 4.79 Å². The molecule has 0 aliphatic carbocycles. The van der Waals surface area contributed by atoms with Crippen LogP contribution in [0.15, 0.2) is 30.3 Å². The average molecular weight is 344 g/mol. The van der Waals surface area contributed by atoms with Crippen LogP contribution in [-0.2, 0) is 13.1 Å². The van der Waals surface area contributed by atoms with E-state index >= 15 is 0 Å². The summed E-state index contributed by atoms with van der Waals surface area (Å²) in [5, 5.41) is 12.9. The van der Waals surface area contributed by atoms with Gasteiger partial charge in [0.25, 0.3) is 0 Å². The average Bonchev–Trinajstić information content (AvgIpc) is 3.12. The molecule has 0 fully saturated rings. The molecule has 0 atom stereocenters. The van der Waals surface area contributed by atoms with E-state index in [2.05, 4.69) is 26.9 Å². The molecule has 124 valence electrons. The highest BCUT2D eigenvalue weighted by Gasteiger charge is 2.17. The first-order chi connectivity index (χ1) is 11.5. The molecule has 0 amide bonds. The van der Waals surface area contributed by atoms with Crippen molar-refractivity contribution in [2.24, 2.45) is 0 Å². The van der Waals surface area contributed by atoms with Crippen LogP contribution >= 0.6 is 11.6 Å². The number of hydrogen-bond donors (Lipinski definition) is 0. The van der Waals surface area contributed by atoms with Crippen LogP contribution in [0.1, 0.15) is 28.7 Å². The summed E-state index contributed by atoms with van der Waals surface area (Å²) in [7, 11) is 0. The molecular weight excluding hydrogens is 326 g/mol. The summed E-state index contributed by atoms with van der Waals surface area (Å²) < 4.78 is 2.11. The Morgan fingerprint density at radius 3 is 2.54 bits per heavy atom. The quantitative estimate of drug-likeness (QED) is 0.666. The van der Waals surface area contributed by atoms with Crippen molar-refractivity contribution in [3.63, 3.8) is 0 Å². The van der Waals surface area contributed by atoms with Crippen molar-refractivity contribution in [1.82, 2.24) is 24.8 Å². The van der Waals surface area contributed by atoms with Gasteiger partial charge in [0.2, 0.25) is 5.82 Å². The standard InChI is InChI=1S/C17H18ClN5O/c1-4-22-11(2)9-15(12(22)3)16(24)10-23-20-17(19-21-23)13-5-7-14(18)8-6-13/h5-9H,4,10H2,1-3H3. The lowest BCUT2D eigenvalue weighted by Gasteiger charge is -2.05. The summed E-state index contributed by atoms with van der Waals surface area (Å²) in [6, 6.07) is 9.09. The number of carbonyl (C=O) groups is 1. The molecule has 0 spiro atoms. The molecule has 3 aromatic rings. The maximum atomic E-state index is 12.5. The number of ketones is 1. The van der Waals surface area contributed by atoms with E-state index in [4.69, 9.17) is 11.6 Å². The lowest BCUT2D eigenvalue weighted by atomic mass is 10.1. The molecule has 7 heteroatoms. The minimum Gasteiger partial charge on any atom is -0.349 e. The van der Waals surface area contributed by atoms with Crippen LogP contribution < -0.4 is 0 Å². The molecule has 0 aliphatic rings. The van der Waals surface area contributed by atoms with Crippen LogP contribution in [-0.4, -0.2) is 30.6 Å². The molecule has 0 bridgehead atoms. The van der Waals surface area contributed by atoms with Crippen LogP contribution in [0.3, 0.4) is 0 Å². The number of rotatable bonds is 5. The van der Waals surface area contributed by atoms with E-state index in [0.717, 1.165) is 23.5 Å². The Hall–Kier alpha value is -2.47. The number of Topliss-reactive ketones (excluding diaryl/α,β-unsaturated/α-hetero) is 1. The van der Waals surface area contributed by atoms with Gasteiger partial charge in [-0.05, 0) is 56.3 Å². The fourth-order valence-corrected chi connectivity index (χ4v) is 2.93. The molecule has 1 aromatic carbocycles. The third kappa shape index (κ3) is 3.10. The Bertz CT molecular complexity index is 879. The third-order valence-corrected chi connectivity index (χ3v) is 4.28. The Labute approximate surface area is 145 Å². The molecular formula is C17H18ClN5O. The molecule has 0 saturated carbocycles. The summed E-state index contributed by atoms with van der Waals surface area (Å²) in [5.41, 5.74) is 3.56. The molecule has 24 heavy (non-hydrogen) atoms. The monoisotopic (exact) mass is 343 g/mol. The van der Waals surface area contributed by atoms with Crippen LogP contribution in [0.2, 0.25) is 5.02 Å². The smallest absolute Gasteiger partial charge is 0.204 e. The zero-order valence-corrected chi connectivity index (χ0v) is 14.6. The minimum atomic E-state index is -0.0251. The zero-order chi connectivity index (χ0) is 17.3. The van der Waals surface area contributed by atoms with Gasteiger partial charge in [-0.15, -0.1) is 10.2 Å². The van der Waals surface area contributed by atoms with Crippen molar-refractivity contribution >= 4 is 17.4 Å². The molecule has 0 saturated heterocycles. The predicted octanol–water partition coefficient (Wildman–Crippen LogP) is 3.31. The molecule has 0 aliphatic heterocycles. The maximum absolute atomic E-state index is 12.5. The second-order valence-corrected chi connectivity index (χ2v) is 6.04. The van der Waals surface area contributed by atoms with Gasteiger partial charge in [0.15, 0.2) is 5.78 Å². The van der Waals surface area contributed by atoms with Crippen molar-refractivity contribution < 1.29 is 4.79 Å². The highest BCUT2D eigenvalue weighted by Crippen LogP contribution is 2.18. The molecule has 0 unspecified atom stereocenters. The first-order valence-electron chi connectivity index (χ1n) is 7.73. The second kappa shape index (κ2) is 6.57. The molecule has 0 radical (unpaired) electrons. The van der Waals surface area contributed by atoms with Gasteiger partial charge in [0.05, 0.1) is 0 Å². The van der Waals surface area contributed by atoms with Crippen molar-refractivity contribution in [3.8, 4) is 11.4 Å². The van der Waals surface area contributed by atoms with Gasteiger partial charge in [-0.2, -0.15) is 4.80 Å². The van der Waals surface area contributed by atoms with E-state index in [-0.39, 0.29) is 12.3 Å². The number of nitrogens with zero attached hydrogens (tertiary/aromatic N) is 5. The Kier molecular flexibility index (Phi) is 4.49. The van der Waals surface area contributed by atoms with Gasteiger partial charge in [0.1, 0.15) is 6.54 Å². The summed E-state index contributed by atoms with van der Waals surface area (Å²) in [4.78, 5) is 13.9. The van der Waals surface area contributed by atoms with Crippen molar-refractivity contribution in [1.29, 1.82) is 0 Å². The minimum absolute atomic E-state index is 0.0251. The van der Waals surface area contributed by atoms with Gasteiger partial charge in [-0.1, -0.05) is 11.6 Å². The molecule has 6 nitrogen and oxygen atoms in total. The van der Waals surface area contributed by atoms with Crippen LogP contribution in [0, 0.1) is 13.8 Å². The van der Waals surface area contributed by atoms with E-state index in [1.54, 1.807) is 12.1 Å². The Morgan fingerprint density at radius 2 is 1.92 bits per heavy atom. The second-order valence-electron chi connectivity index (χ2n) is 5.60. The summed E-state index contributed by atoms with van der Waals surface area (Å²) in [5.74, 6) is 0.446. The topological polar surface area (TPSA) is 65.6 Å². The fourth-order valence-electron chi connectivity index (χ4n) is 2.81. The number of benzene rings is 1. The number of carbonyl (C=O) groups excluding carboxylic acids is 1. The lowest BCUT2D eigenvalue weighted by molar-refractivity contribution is 0.0960.